The maximum Gasteiger partial charge on any atom is 0.311 e. The Labute approximate surface area is 114 Å². The highest BCUT2D eigenvalue weighted by Gasteiger charge is 2.22. The van der Waals surface area contributed by atoms with E-state index in [1.54, 1.807) is 0 Å². The molecule has 1 aromatic rings. The molecule has 1 unspecified atom stereocenters. The first-order valence-electron chi connectivity index (χ1n) is 7.11. The number of carbonyl (C=O) groups is 1. The summed E-state index contributed by atoms with van der Waals surface area (Å²) in [5.74, 6) is -0.179. The van der Waals surface area contributed by atoms with Gasteiger partial charge in [-0.15, -0.1) is 0 Å². The minimum Gasteiger partial charge on any atom is -0.465 e. The van der Waals surface area contributed by atoms with E-state index in [0.717, 1.165) is 18.4 Å². The zero-order valence-corrected chi connectivity index (χ0v) is 11.3. The highest BCUT2D eigenvalue weighted by Crippen LogP contribution is 2.25. The molecule has 1 atom stereocenters. The highest BCUT2D eigenvalue weighted by atomic mass is 16.5. The number of rotatable bonds is 6. The lowest BCUT2D eigenvalue weighted by molar-refractivity contribution is -0.151. The molecule has 0 aromatic heterocycles. The molecule has 2 rings (SSSR count). The van der Waals surface area contributed by atoms with Gasteiger partial charge in [0.05, 0.1) is 19.1 Å². The number of carbonyl (C=O) groups excluding carboxylic acids is 1. The Morgan fingerprint density at radius 1 is 1.26 bits per heavy atom. The van der Waals surface area contributed by atoms with Crippen molar-refractivity contribution in [2.45, 2.75) is 32.1 Å². The number of hydrogen-bond acceptors (Lipinski definition) is 3. The van der Waals surface area contributed by atoms with Crippen LogP contribution in [0.15, 0.2) is 30.3 Å². The number of ether oxygens (including phenoxy) is 1. The topological polar surface area (TPSA) is 46.5 Å². The molecule has 0 radical (unpaired) electrons. The van der Waals surface area contributed by atoms with Gasteiger partial charge in [-0.05, 0) is 30.7 Å². The predicted octanol–water partition coefficient (Wildman–Crippen LogP) is 2.57. The van der Waals surface area contributed by atoms with E-state index in [1.807, 2.05) is 30.3 Å². The first kappa shape index (κ1) is 14.1. The van der Waals surface area contributed by atoms with Gasteiger partial charge in [0.25, 0.3) is 0 Å². The van der Waals surface area contributed by atoms with Crippen molar-refractivity contribution in [3.8, 4) is 0 Å². The first-order chi connectivity index (χ1) is 9.29. The van der Waals surface area contributed by atoms with Gasteiger partial charge < -0.3 is 9.84 Å². The van der Waals surface area contributed by atoms with Crippen LogP contribution in [0.2, 0.25) is 0 Å². The second-order valence-corrected chi connectivity index (χ2v) is 5.35. The van der Waals surface area contributed by atoms with Gasteiger partial charge in [-0.25, -0.2) is 0 Å². The van der Waals surface area contributed by atoms with Gasteiger partial charge in [0.1, 0.15) is 0 Å². The monoisotopic (exact) mass is 262 g/mol. The Morgan fingerprint density at radius 2 is 1.95 bits per heavy atom. The van der Waals surface area contributed by atoms with Gasteiger partial charge >= 0.3 is 5.97 Å². The van der Waals surface area contributed by atoms with Crippen molar-refractivity contribution in [3.63, 3.8) is 0 Å². The molecule has 1 saturated carbocycles. The zero-order valence-electron chi connectivity index (χ0n) is 11.3. The standard InChI is InChI=1S/C16H22O3/c17-11-15(10-13-6-2-1-3-7-13)16(18)19-12-14-8-4-5-9-14/h1-3,6-7,14-15,17H,4-5,8-12H2. The van der Waals surface area contributed by atoms with Crippen LogP contribution in [0.25, 0.3) is 0 Å². The summed E-state index contributed by atoms with van der Waals surface area (Å²) < 4.78 is 5.35. The van der Waals surface area contributed by atoms with Crippen molar-refractivity contribution in [2.24, 2.45) is 11.8 Å². The molecular weight excluding hydrogens is 240 g/mol. The second kappa shape index (κ2) is 7.29. The van der Waals surface area contributed by atoms with E-state index in [0.29, 0.717) is 18.9 Å². The van der Waals surface area contributed by atoms with Crippen LogP contribution in [-0.2, 0) is 16.0 Å². The van der Waals surface area contributed by atoms with Crippen LogP contribution in [-0.4, -0.2) is 24.3 Å². The molecular formula is C16H22O3. The molecule has 3 heteroatoms. The molecule has 1 aliphatic rings. The molecule has 1 aromatic carbocycles. The fourth-order valence-electron chi connectivity index (χ4n) is 2.62. The SMILES string of the molecule is O=C(OCC1CCCC1)C(CO)Cc1ccccc1. The molecule has 1 aliphatic carbocycles. The minimum absolute atomic E-state index is 0.154. The Balaban J connectivity index is 1.81. The summed E-state index contributed by atoms with van der Waals surface area (Å²) in [6.45, 7) is 0.364. The van der Waals surface area contributed by atoms with Crippen LogP contribution >= 0.6 is 0 Å². The Hall–Kier alpha value is -1.35. The molecule has 3 nitrogen and oxygen atoms in total. The number of benzene rings is 1. The van der Waals surface area contributed by atoms with Gasteiger partial charge in [0.2, 0.25) is 0 Å². The molecule has 1 fully saturated rings. The predicted molar refractivity (Wildman–Crippen MR) is 73.6 cm³/mol. The van der Waals surface area contributed by atoms with Crippen LogP contribution < -0.4 is 0 Å². The second-order valence-electron chi connectivity index (χ2n) is 5.35. The average molecular weight is 262 g/mol. The summed E-state index contributed by atoms with van der Waals surface area (Å²) in [4.78, 5) is 12.0. The van der Waals surface area contributed by atoms with Crippen molar-refractivity contribution < 1.29 is 14.6 Å². The first-order valence-corrected chi connectivity index (χ1v) is 7.11. The van der Waals surface area contributed by atoms with E-state index in [-0.39, 0.29) is 12.6 Å². The molecule has 0 spiro atoms. The third-order valence-electron chi connectivity index (χ3n) is 3.81. The summed E-state index contributed by atoms with van der Waals surface area (Å²) in [6.07, 6.45) is 5.36. The van der Waals surface area contributed by atoms with E-state index < -0.39 is 5.92 Å². The molecule has 0 saturated heterocycles. The van der Waals surface area contributed by atoms with E-state index in [4.69, 9.17) is 4.74 Å². The van der Waals surface area contributed by atoms with E-state index in [9.17, 15) is 9.90 Å². The lowest BCUT2D eigenvalue weighted by Crippen LogP contribution is -2.25. The Morgan fingerprint density at radius 3 is 2.58 bits per heavy atom. The average Bonchev–Trinajstić information content (AvgIpc) is 2.96. The van der Waals surface area contributed by atoms with Gasteiger partial charge in [-0.3, -0.25) is 4.79 Å². The molecule has 0 amide bonds. The Kier molecular flexibility index (Phi) is 5.40. The summed E-state index contributed by atoms with van der Waals surface area (Å²) in [6, 6.07) is 9.75. The van der Waals surface area contributed by atoms with Crippen molar-refractivity contribution in [3.05, 3.63) is 35.9 Å². The Bertz CT molecular complexity index is 382. The zero-order chi connectivity index (χ0) is 13.5. The fourth-order valence-corrected chi connectivity index (χ4v) is 2.62. The smallest absolute Gasteiger partial charge is 0.311 e. The number of esters is 1. The number of aliphatic hydroxyl groups is 1. The fraction of sp³-hybridized carbons (Fsp3) is 0.562. The van der Waals surface area contributed by atoms with Crippen molar-refractivity contribution in [2.75, 3.05) is 13.2 Å². The van der Waals surface area contributed by atoms with E-state index in [1.165, 1.54) is 12.8 Å². The lowest BCUT2D eigenvalue weighted by Gasteiger charge is -2.16. The van der Waals surface area contributed by atoms with Crippen LogP contribution in [0.1, 0.15) is 31.2 Å². The molecule has 104 valence electrons. The van der Waals surface area contributed by atoms with Crippen LogP contribution in [0.5, 0.6) is 0 Å². The maximum absolute atomic E-state index is 12.0. The van der Waals surface area contributed by atoms with E-state index in [2.05, 4.69) is 0 Å². The van der Waals surface area contributed by atoms with Gasteiger partial charge in [-0.1, -0.05) is 43.2 Å². The summed E-state index contributed by atoms with van der Waals surface area (Å²) in [5, 5.41) is 9.35. The molecule has 0 aliphatic heterocycles. The van der Waals surface area contributed by atoms with Gasteiger partial charge in [0, 0.05) is 0 Å². The van der Waals surface area contributed by atoms with E-state index >= 15 is 0 Å². The molecule has 0 heterocycles. The minimum atomic E-state index is -0.441. The largest absolute Gasteiger partial charge is 0.465 e. The quantitative estimate of drug-likeness (QED) is 0.801. The van der Waals surface area contributed by atoms with Crippen LogP contribution in [0.3, 0.4) is 0 Å². The van der Waals surface area contributed by atoms with Crippen molar-refractivity contribution >= 4 is 5.97 Å². The summed E-state index contributed by atoms with van der Waals surface area (Å²) in [7, 11) is 0. The molecule has 1 N–H and O–H groups in total. The summed E-state index contributed by atoms with van der Waals surface area (Å²) in [5.41, 5.74) is 1.05. The maximum atomic E-state index is 12.0. The molecule has 19 heavy (non-hydrogen) atoms. The molecule has 0 bridgehead atoms. The number of hydrogen-bond donors (Lipinski definition) is 1. The van der Waals surface area contributed by atoms with Crippen LogP contribution in [0, 0.1) is 11.8 Å². The lowest BCUT2D eigenvalue weighted by atomic mass is 10.0. The van der Waals surface area contributed by atoms with Crippen molar-refractivity contribution in [1.29, 1.82) is 0 Å². The summed E-state index contributed by atoms with van der Waals surface area (Å²) >= 11 is 0. The van der Waals surface area contributed by atoms with Crippen LogP contribution in [0.4, 0.5) is 0 Å². The van der Waals surface area contributed by atoms with Crippen molar-refractivity contribution in [1.82, 2.24) is 0 Å². The third-order valence-corrected chi connectivity index (χ3v) is 3.81. The van der Waals surface area contributed by atoms with Gasteiger partial charge in [-0.2, -0.15) is 0 Å². The highest BCUT2D eigenvalue weighted by molar-refractivity contribution is 5.73. The third kappa shape index (κ3) is 4.35. The number of aliphatic hydroxyl groups excluding tert-OH is 1. The van der Waals surface area contributed by atoms with Gasteiger partial charge in [0.15, 0.2) is 0 Å². The normalized spacial score (nSPS) is 17.3.